The highest BCUT2D eigenvalue weighted by Crippen LogP contribution is 2.38. The summed E-state index contributed by atoms with van der Waals surface area (Å²) in [4.78, 5) is 34.2. The molecule has 37 heavy (non-hydrogen) atoms. The molecule has 0 aliphatic carbocycles. The molecule has 2 aromatic heterocycles. The Labute approximate surface area is 221 Å². The van der Waals surface area contributed by atoms with Gasteiger partial charge in [0.15, 0.2) is 0 Å². The van der Waals surface area contributed by atoms with Crippen molar-refractivity contribution in [2.24, 2.45) is 5.10 Å². The van der Waals surface area contributed by atoms with Gasteiger partial charge in [-0.05, 0) is 41.5 Å². The number of carbonyl (C=O) groups excluding carboxylic acids is 1. The molecule has 7 heteroatoms. The second kappa shape index (κ2) is 9.41. The number of halogens is 1. The van der Waals surface area contributed by atoms with Crippen molar-refractivity contribution in [3.05, 3.63) is 111 Å². The van der Waals surface area contributed by atoms with Crippen molar-refractivity contribution in [2.75, 3.05) is 0 Å². The minimum atomic E-state index is -0.324. The topological polar surface area (TPSA) is 78.4 Å². The number of fused-ring (bicyclic) bond motifs is 2. The van der Waals surface area contributed by atoms with Gasteiger partial charge in [-0.25, -0.2) is 5.01 Å². The van der Waals surface area contributed by atoms with Gasteiger partial charge in [0.1, 0.15) is 0 Å². The van der Waals surface area contributed by atoms with Gasteiger partial charge in [-0.3, -0.25) is 14.6 Å². The largest absolute Gasteiger partial charge is 0.321 e. The Morgan fingerprint density at radius 1 is 1.03 bits per heavy atom. The van der Waals surface area contributed by atoms with Crippen molar-refractivity contribution in [3.8, 4) is 11.1 Å². The number of aromatic amines is 1. The zero-order valence-corrected chi connectivity index (χ0v) is 21.7. The van der Waals surface area contributed by atoms with Gasteiger partial charge in [-0.1, -0.05) is 71.4 Å². The van der Waals surface area contributed by atoms with Crippen LogP contribution in [-0.2, 0) is 4.79 Å². The second-order valence-corrected chi connectivity index (χ2v) is 9.99. The SMILES string of the molecule is CCC(=O)N1N=C(c2c(-c3ccccc3)c3cc(Br)ccc3[nH]c2=O)C[C@H]1c1ccc2cccnc2c1. The van der Waals surface area contributed by atoms with Crippen LogP contribution in [0.1, 0.15) is 36.9 Å². The zero-order chi connectivity index (χ0) is 25.5. The van der Waals surface area contributed by atoms with Crippen LogP contribution in [0.4, 0.5) is 0 Å². The number of nitrogens with one attached hydrogen (secondary N) is 1. The summed E-state index contributed by atoms with van der Waals surface area (Å²) in [7, 11) is 0. The quantitative estimate of drug-likeness (QED) is 0.274. The van der Waals surface area contributed by atoms with Gasteiger partial charge in [-0.2, -0.15) is 5.10 Å². The van der Waals surface area contributed by atoms with Crippen molar-refractivity contribution in [1.82, 2.24) is 15.0 Å². The van der Waals surface area contributed by atoms with Crippen LogP contribution in [0.25, 0.3) is 32.9 Å². The normalized spacial score (nSPS) is 15.4. The lowest BCUT2D eigenvalue weighted by molar-refractivity contribution is -0.132. The Balaban J connectivity index is 1.55. The lowest BCUT2D eigenvalue weighted by Gasteiger charge is -2.21. The number of nitrogens with zero attached hydrogens (tertiary/aromatic N) is 3. The number of pyridine rings is 2. The number of hydrogen-bond acceptors (Lipinski definition) is 4. The number of aromatic nitrogens is 2. The van der Waals surface area contributed by atoms with Gasteiger partial charge in [0.05, 0.1) is 22.8 Å². The fraction of sp³-hybridized carbons (Fsp3) is 0.133. The molecule has 0 saturated carbocycles. The van der Waals surface area contributed by atoms with E-state index in [1.165, 1.54) is 0 Å². The highest BCUT2D eigenvalue weighted by Gasteiger charge is 2.35. The van der Waals surface area contributed by atoms with Crippen LogP contribution in [0.5, 0.6) is 0 Å². The van der Waals surface area contributed by atoms with E-state index in [1.54, 1.807) is 11.2 Å². The maximum Gasteiger partial charge on any atom is 0.258 e. The number of H-pyrrole nitrogens is 1. The van der Waals surface area contributed by atoms with Crippen molar-refractivity contribution in [3.63, 3.8) is 0 Å². The molecule has 5 aromatic rings. The Morgan fingerprint density at radius 2 is 1.86 bits per heavy atom. The van der Waals surface area contributed by atoms with Gasteiger partial charge >= 0.3 is 0 Å². The summed E-state index contributed by atoms with van der Waals surface area (Å²) < 4.78 is 0.910. The van der Waals surface area contributed by atoms with Crippen LogP contribution >= 0.6 is 15.9 Å². The summed E-state index contributed by atoms with van der Waals surface area (Å²) in [5, 5.41) is 8.27. The number of rotatable bonds is 4. The molecule has 0 saturated heterocycles. The number of amides is 1. The Hall–Kier alpha value is -4.10. The summed E-state index contributed by atoms with van der Waals surface area (Å²) >= 11 is 3.58. The van der Waals surface area contributed by atoms with Crippen molar-refractivity contribution in [1.29, 1.82) is 0 Å². The van der Waals surface area contributed by atoms with E-state index in [4.69, 9.17) is 5.10 Å². The van der Waals surface area contributed by atoms with Gasteiger partial charge in [-0.15, -0.1) is 0 Å². The predicted octanol–water partition coefficient (Wildman–Crippen LogP) is 6.59. The van der Waals surface area contributed by atoms with E-state index in [0.29, 0.717) is 24.1 Å². The second-order valence-electron chi connectivity index (χ2n) is 9.07. The first kappa shape index (κ1) is 23.3. The van der Waals surface area contributed by atoms with Crippen LogP contribution in [0.15, 0.2) is 99.4 Å². The van der Waals surface area contributed by atoms with Gasteiger partial charge in [0.25, 0.3) is 5.56 Å². The average Bonchev–Trinajstić information content (AvgIpc) is 3.37. The van der Waals surface area contributed by atoms with Crippen LogP contribution in [0, 0.1) is 0 Å². The molecule has 6 nitrogen and oxygen atoms in total. The smallest absolute Gasteiger partial charge is 0.258 e. The molecule has 0 radical (unpaired) electrons. The van der Waals surface area contributed by atoms with Crippen molar-refractivity contribution >= 4 is 49.4 Å². The third-order valence-electron chi connectivity index (χ3n) is 6.81. The summed E-state index contributed by atoms with van der Waals surface area (Å²) in [6, 6.07) is 25.3. The molecule has 1 atom stereocenters. The third kappa shape index (κ3) is 4.15. The first-order valence-electron chi connectivity index (χ1n) is 12.2. The number of hydrazone groups is 1. The van der Waals surface area contributed by atoms with Crippen LogP contribution in [-0.4, -0.2) is 26.6 Å². The lowest BCUT2D eigenvalue weighted by Crippen LogP contribution is -2.26. The molecule has 1 N–H and O–H groups in total. The molecule has 1 aliphatic rings. The first-order valence-corrected chi connectivity index (χ1v) is 13.0. The lowest BCUT2D eigenvalue weighted by atomic mass is 9.91. The summed E-state index contributed by atoms with van der Waals surface area (Å²) in [6.45, 7) is 1.82. The standard InChI is InChI=1S/C30H23BrN4O2/c1-2-27(36)35-26(20-11-10-18-9-6-14-32-24(18)15-20)17-25(34-35)29-28(19-7-4-3-5-8-19)22-16-21(31)12-13-23(22)33-30(29)37/h3-16,26H,2,17H2,1H3,(H,33,37)/t26-/m0/s1. The molecule has 0 spiro atoms. The van der Waals surface area contributed by atoms with E-state index in [0.717, 1.165) is 43.0 Å². The molecule has 182 valence electrons. The van der Waals surface area contributed by atoms with E-state index in [-0.39, 0.29) is 17.5 Å². The molecule has 1 amide bonds. The average molecular weight is 551 g/mol. The molecule has 1 aliphatic heterocycles. The van der Waals surface area contributed by atoms with Gasteiger partial charge < -0.3 is 4.98 Å². The minimum absolute atomic E-state index is 0.0951. The Kier molecular flexibility index (Phi) is 5.93. The maximum atomic E-state index is 13.6. The molecule has 0 unspecified atom stereocenters. The van der Waals surface area contributed by atoms with E-state index in [2.05, 4.69) is 25.9 Å². The van der Waals surface area contributed by atoms with Crippen LogP contribution in [0.3, 0.4) is 0 Å². The van der Waals surface area contributed by atoms with Gasteiger partial charge in [0.2, 0.25) is 5.91 Å². The van der Waals surface area contributed by atoms with E-state index < -0.39 is 0 Å². The molecule has 3 heterocycles. The Bertz CT molecular complexity index is 1760. The molecular weight excluding hydrogens is 528 g/mol. The molecule has 0 fully saturated rings. The van der Waals surface area contributed by atoms with Crippen LogP contribution in [0.2, 0.25) is 0 Å². The molecule has 6 rings (SSSR count). The third-order valence-corrected chi connectivity index (χ3v) is 7.30. The van der Waals surface area contributed by atoms with Crippen LogP contribution < -0.4 is 5.56 Å². The predicted molar refractivity (Wildman–Crippen MR) is 150 cm³/mol. The van der Waals surface area contributed by atoms with E-state index in [1.807, 2.05) is 85.8 Å². The molecular formula is C30H23BrN4O2. The zero-order valence-electron chi connectivity index (χ0n) is 20.1. The fourth-order valence-electron chi connectivity index (χ4n) is 5.05. The number of benzene rings is 3. The molecule has 0 bridgehead atoms. The summed E-state index contributed by atoms with van der Waals surface area (Å²) in [5.41, 5.74) is 5.13. The highest BCUT2D eigenvalue weighted by molar-refractivity contribution is 9.10. The summed E-state index contributed by atoms with van der Waals surface area (Å²) in [5.74, 6) is -0.0951. The van der Waals surface area contributed by atoms with E-state index in [9.17, 15) is 9.59 Å². The summed E-state index contributed by atoms with van der Waals surface area (Å²) in [6.07, 6.45) is 2.49. The maximum absolute atomic E-state index is 13.6. The van der Waals surface area contributed by atoms with Crippen molar-refractivity contribution < 1.29 is 4.79 Å². The minimum Gasteiger partial charge on any atom is -0.321 e. The van der Waals surface area contributed by atoms with Gasteiger partial charge in [0, 0.05) is 45.4 Å². The molecule has 3 aromatic carbocycles. The highest BCUT2D eigenvalue weighted by atomic mass is 79.9. The number of hydrogen-bond donors (Lipinski definition) is 1. The van der Waals surface area contributed by atoms with E-state index >= 15 is 0 Å². The number of carbonyl (C=O) groups is 1. The monoisotopic (exact) mass is 550 g/mol. The Morgan fingerprint density at radius 3 is 2.68 bits per heavy atom. The van der Waals surface area contributed by atoms with Crippen molar-refractivity contribution in [2.45, 2.75) is 25.8 Å². The first-order chi connectivity index (χ1) is 18.0. The fourth-order valence-corrected chi connectivity index (χ4v) is 5.41.